The number of benzene rings is 1. The van der Waals surface area contributed by atoms with Gasteiger partial charge in [-0.2, -0.15) is 0 Å². The molecular formula is C16H19Br2NS. The van der Waals surface area contributed by atoms with Crippen LogP contribution in [0.5, 0.6) is 0 Å². The van der Waals surface area contributed by atoms with Crippen LogP contribution in [0.4, 0.5) is 0 Å². The Morgan fingerprint density at radius 1 is 1.15 bits per heavy atom. The van der Waals surface area contributed by atoms with Crippen molar-refractivity contribution in [3.63, 3.8) is 0 Å². The molecule has 0 bridgehead atoms. The SMILES string of the molecule is CCCc1ccc(C(NCC)c2cc(Br)c(Br)s2)cc1. The Balaban J connectivity index is 2.27. The zero-order valence-electron chi connectivity index (χ0n) is 11.7. The highest BCUT2D eigenvalue weighted by Crippen LogP contribution is 2.37. The molecule has 0 amide bonds. The lowest BCUT2D eigenvalue weighted by molar-refractivity contribution is 0.639. The first-order valence-electron chi connectivity index (χ1n) is 6.92. The molecule has 1 heterocycles. The molecule has 0 fully saturated rings. The molecule has 0 spiro atoms. The Kier molecular flexibility index (Phi) is 6.27. The highest BCUT2D eigenvalue weighted by atomic mass is 79.9. The van der Waals surface area contributed by atoms with Crippen LogP contribution in [-0.4, -0.2) is 6.54 Å². The molecule has 0 aliphatic rings. The third kappa shape index (κ3) is 3.94. The standard InChI is InChI=1S/C16H19Br2NS/c1-3-5-11-6-8-12(9-7-11)15(19-4-2)14-10-13(17)16(18)20-14/h6-10,15,19H,3-5H2,1-2H3. The van der Waals surface area contributed by atoms with E-state index in [9.17, 15) is 0 Å². The third-order valence-corrected chi connectivity index (χ3v) is 6.53. The minimum Gasteiger partial charge on any atom is -0.306 e. The molecule has 2 aromatic rings. The van der Waals surface area contributed by atoms with Gasteiger partial charge in [0.25, 0.3) is 0 Å². The van der Waals surface area contributed by atoms with Gasteiger partial charge in [0.2, 0.25) is 0 Å². The number of thiophene rings is 1. The fraction of sp³-hybridized carbons (Fsp3) is 0.375. The number of rotatable bonds is 6. The van der Waals surface area contributed by atoms with E-state index in [1.165, 1.54) is 22.4 Å². The van der Waals surface area contributed by atoms with Gasteiger partial charge >= 0.3 is 0 Å². The minimum atomic E-state index is 0.267. The molecule has 108 valence electrons. The first kappa shape index (κ1) is 16.2. The van der Waals surface area contributed by atoms with Gasteiger partial charge in [0.05, 0.1) is 9.83 Å². The fourth-order valence-electron chi connectivity index (χ4n) is 2.26. The number of hydrogen-bond acceptors (Lipinski definition) is 2. The van der Waals surface area contributed by atoms with Gasteiger partial charge in [-0.1, -0.05) is 44.5 Å². The van der Waals surface area contributed by atoms with E-state index in [-0.39, 0.29) is 6.04 Å². The number of halogens is 2. The van der Waals surface area contributed by atoms with Crippen molar-refractivity contribution in [2.24, 2.45) is 0 Å². The summed E-state index contributed by atoms with van der Waals surface area (Å²) in [5.74, 6) is 0. The second kappa shape index (κ2) is 7.74. The van der Waals surface area contributed by atoms with Gasteiger partial charge < -0.3 is 5.32 Å². The lowest BCUT2D eigenvalue weighted by Crippen LogP contribution is -2.21. The summed E-state index contributed by atoms with van der Waals surface area (Å²) in [5, 5.41) is 3.58. The summed E-state index contributed by atoms with van der Waals surface area (Å²) >= 11 is 8.94. The molecule has 1 unspecified atom stereocenters. The molecule has 1 nitrogen and oxygen atoms in total. The highest BCUT2D eigenvalue weighted by molar-refractivity contribution is 9.13. The van der Waals surface area contributed by atoms with Gasteiger partial charge in [0.1, 0.15) is 0 Å². The summed E-state index contributed by atoms with van der Waals surface area (Å²) in [6, 6.07) is 11.5. The molecule has 0 saturated carbocycles. The molecule has 4 heteroatoms. The predicted octanol–water partition coefficient (Wildman–Crippen LogP) is 5.92. The number of aryl methyl sites for hydroxylation is 1. The lowest BCUT2D eigenvalue weighted by atomic mass is 10.0. The van der Waals surface area contributed by atoms with E-state index in [4.69, 9.17) is 0 Å². The zero-order valence-corrected chi connectivity index (χ0v) is 15.7. The van der Waals surface area contributed by atoms with Crippen molar-refractivity contribution in [1.29, 1.82) is 0 Å². The second-order valence-corrected chi connectivity index (χ2v) is 8.01. The van der Waals surface area contributed by atoms with Crippen molar-refractivity contribution in [3.05, 3.63) is 54.6 Å². The van der Waals surface area contributed by atoms with Gasteiger partial charge in [0, 0.05) is 9.35 Å². The van der Waals surface area contributed by atoms with Crippen molar-refractivity contribution in [3.8, 4) is 0 Å². The topological polar surface area (TPSA) is 12.0 Å². The summed E-state index contributed by atoms with van der Waals surface area (Å²) in [6.07, 6.45) is 2.35. The van der Waals surface area contributed by atoms with Crippen molar-refractivity contribution in [2.75, 3.05) is 6.54 Å². The molecule has 0 aliphatic heterocycles. The Hall–Kier alpha value is -0.160. The van der Waals surface area contributed by atoms with Gasteiger partial charge in [0.15, 0.2) is 0 Å². The summed E-state index contributed by atoms with van der Waals surface area (Å²) in [4.78, 5) is 1.33. The van der Waals surface area contributed by atoms with Gasteiger partial charge in [-0.05, 0) is 62.0 Å². The van der Waals surface area contributed by atoms with Crippen molar-refractivity contribution >= 4 is 43.2 Å². The van der Waals surface area contributed by atoms with E-state index >= 15 is 0 Å². The third-order valence-electron chi connectivity index (χ3n) is 3.21. The van der Waals surface area contributed by atoms with Gasteiger partial charge in [-0.25, -0.2) is 0 Å². The summed E-state index contributed by atoms with van der Waals surface area (Å²) in [5.41, 5.74) is 2.74. The van der Waals surface area contributed by atoms with Crippen molar-refractivity contribution in [2.45, 2.75) is 32.7 Å². The Morgan fingerprint density at radius 2 is 1.85 bits per heavy atom. The second-order valence-electron chi connectivity index (χ2n) is 4.75. The predicted molar refractivity (Wildman–Crippen MR) is 95.7 cm³/mol. The van der Waals surface area contributed by atoms with E-state index in [0.29, 0.717) is 0 Å². The molecule has 2 rings (SSSR count). The summed E-state index contributed by atoms with van der Waals surface area (Å²) in [6.45, 7) is 5.32. The van der Waals surface area contributed by atoms with Crippen molar-refractivity contribution in [1.82, 2.24) is 5.32 Å². The monoisotopic (exact) mass is 415 g/mol. The average molecular weight is 417 g/mol. The highest BCUT2D eigenvalue weighted by Gasteiger charge is 2.16. The molecule has 20 heavy (non-hydrogen) atoms. The van der Waals surface area contributed by atoms with Gasteiger partial charge in [-0.15, -0.1) is 11.3 Å². The normalized spacial score (nSPS) is 12.6. The maximum absolute atomic E-state index is 3.58. The van der Waals surface area contributed by atoms with Crippen LogP contribution in [0.1, 0.15) is 42.3 Å². The van der Waals surface area contributed by atoms with Crippen LogP contribution in [0.3, 0.4) is 0 Å². The molecule has 0 radical (unpaired) electrons. The largest absolute Gasteiger partial charge is 0.306 e. The maximum Gasteiger partial charge on any atom is 0.0843 e. The van der Waals surface area contributed by atoms with Crippen LogP contribution in [0.15, 0.2) is 38.6 Å². The maximum atomic E-state index is 3.58. The first-order valence-corrected chi connectivity index (χ1v) is 9.32. The van der Waals surface area contributed by atoms with Gasteiger partial charge in [-0.3, -0.25) is 0 Å². The Morgan fingerprint density at radius 3 is 2.35 bits per heavy atom. The average Bonchev–Trinajstić information content (AvgIpc) is 2.77. The van der Waals surface area contributed by atoms with E-state index < -0.39 is 0 Å². The van der Waals surface area contributed by atoms with E-state index in [0.717, 1.165) is 21.2 Å². The lowest BCUT2D eigenvalue weighted by Gasteiger charge is -2.17. The fourth-order valence-corrected chi connectivity index (χ4v) is 4.45. The molecule has 1 aromatic heterocycles. The number of nitrogens with one attached hydrogen (secondary N) is 1. The molecule has 1 atom stereocenters. The zero-order chi connectivity index (χ0) is 14.5. The van der Waals surface area contributed by atoms with Crippen LogP contribution in [-0.2, 0) is 6.42 Å². The molecule has 0 saturated heterocycles. The smallest absolute Gasteiger partial charge is 0.0843 e. The van der Waals surface area contributed by atoms with Crippen LogP contribution in [0.25, 0.3) is 0 Å². The molecular weight excluding hydrogens is 398 g/mol. The van der Waals surface area contributed by atoms with Crippen LogP contribution in [0.2, 0.25) is 0 Å². The number of hydrogen-bond donors (Lipinski definition) is 1. The van der Waals surface area contributed by atoms with E-state index in [1.54, 1.807) is 11.3 Å². The summed E-state index contributed by atoms with van der Waals surface area (Å²) < 4.78 is 2.28. The Labute approximate surface area is 142 Å². The van der Waals surface area contributed by atoms with Crippen LogP contribution >= 0.6 is 43.2 Å². The quantitative estimate of drug-likeness (QED) is 0.615. The minimum absolute atomic E-state index is 0.267. The van der Waals surface area contributed by atoms with Crippen LogP contribution < -0.4 is 5.32 Å². The first-order chi connectivity index (χ1) is 9.65. The molecule has 1 N–H and O–H groups in total. The van der Waals surface area contributed by atoms with E-state index in [2.05, 4.69) is 81.4 Å². The Bertz CT molecular complexity index is 529. The van der Waals surface area contributed by atoms with Crippen LogP contribution in [0, 0.1) is 0 Å². The van der Waals surface area contributed by atoms with E-state index in [1.807, 2.05) is 0 Å². The molecule has 1 aromatic carbocycles. The summed E-state index contributed by atoms with van der Waals surface area (Å²) in [7, 11) is 0. The molecule has 0 aliphatic carbocycles. The van der Waals surface area contributed by atoms with Crippen molar-refractivity contribution < 1.29 is 0 Å².